The minimum Gasteiger partial charge on any atom is -0.309 e. The second kappa shape index (κ2) is 5.52. The predicted molar refractivity (Wildman–Crippen MR) is 83.2 cm³/mol. The lowest BCUT2D eigenvalue weighted by molar-refractivity contribution is 0.705. The lowest BCUT2D eigenvalue weighted by Gasteiger charge is -2.13. The summed E-state index contributed by atoms with van der Waals surface area (Å²) in [6, 6.07) is 8.44. The molecule has 0 radical (unpaired) electrons. The Kier molecular flexibility index (Phi) is 3.74. The summed E-state index contributed by atoms with van der Waals surface area (Å²) in [5.74, 6) is 1.04. The number of rotatable bonds is 3. The van der Waals surface area contributed by atoms with Crippen molar-refractivity contribution >= 4 is 15.9 Å². The van der Waals surface area contributed by atoms with Crippen molar-refractivity contribution in [1.82, 2.24) is 9.97 Å². The number of halogens is 1. The Morgan fingerprint density at radius 3 is 3.00 bits per heavy atom. The summed E-state index contributed by atoms with van der Waals surface area (Å²) in [7, 11) is 0. The van der Waals surface area contributed by atoms with Gasteiger partial charge in [-0.05, 0) is 46.3 Å². The van der Waals surface area contributed by atoms with Crippen LogP contribution in [-0.2, 0) is 12.8 Å². The van der Waals surface area contributed by atoms with Crippen molar-refractivity contribution in [1.29, 1.82) is 0 Å². The summed E-state index contributed by atoms with van der Waals surface area (Å²) < 4.78 is 0.578. The molecule has 0 spiro atoms. The van der Waals surface area contributed by atoms with Crippen LogP contribution in [0.1, 0.15) is 48.3 Å². The SMILES string of the molecule is CCCc1nc(C2CCc3ccccc32)[nH]c(=O)c1Br. The smallest absolute Gasteiger partial charge is 0.265 e. The van der Waals surface area contributed by atoms with Crippen LogP contribution in [0, 0.1) is 0 Å². The maximum atomic E-state index is 12.1. The number of hydrogen-bond acceptors (Lipinski definition) is 2. The molecule has 1 aromatic carbocycles. The maximum absolute atomic E-state index is 12.1. The molecular formula is C16H17BrN2O. The van der Waals surface area contributed by atoms with Crippen LogP contribution in [0.4, 0.5) is 0 Å². The molecule has 104 valence electrons. The molecule has 1 unspecified atom stereocenters. The number of H-pyrrole nitrogens is 1. The van der Waals surface area contributed by atoms with Crippen molar-refractivity contribution in [3.05, 3.63) is 61.7 Å². The Labute approximate surface area is 126 Å². The van der Waals surface area contributed by atoms with Gasteiger partial charge in [-0.25, -0.2) is 4.98 Å². The predicted octanol–water partition coefficient (Wildman–Crippen LogP) is 3.56. The fourth-order valence-corrected chi connectivity index (χ4v) is 3.32. The van der Waals surface area contributed by atoms with Crippen LogP contribution in [0.25, 0.3) is 0 Å². The molecule has 1 heterocycles. The van der Waals surface area contributed by atoms with Crippen molar-refractivity contribution < 1.29 is 0 Å². The summed E-state index contributed by atoms with van der Waals surface area (Å²) in [6.45, 7) is 2.10. The molecule has 0 bridgehead atoms. The summed E-state index contributed by atoms with van der Waals surface area (Å²) in [4.78, 5) is 19.7. The number of benzene rings is 1. The average molecular weight is 333 g/mol. The van der Waals surface area contributed by atoms with Crippen molar-refractivity contribution in [2.75, 3.05) is 0 Å². The molecule has 1 aliphatic carbocycles. The molecule has 0 saturated carbocycles. The normalized spacial score (nSPS) is 17.2. The topological polar surface area (TPSA) is 45.8 Å². The van der Waals surface area contributed by atoms with Gasteiger partial charge in [-0.3, -0.25) is 4.79 Å². The first-order chi connectivity index (χ1) is 9.70. The zero-order chi connectivity index (χ0) is 14.1. The van der Waals surface area contributed by atoms with Gasteiger partial charge >= 0.3 is 0 Å². The summed E-state index contributed by atoms with van der Waals surface area (Å²) in [5.41, 5.74) is 3.49. The number of aromatic nitrogens is 2. The van der Waals surface area contributed by atoms with Crippen LogP contribution in [-0.4, -0.2) is 9.97 Å². The second-order valence-electron chi connectivity index (χ2n) is 5.25. The monoisotopic (exact) mass is 332 g/mol. The van der Waals surface area contributed by atoms with E-state index in [4.69, 9.17) is 4.98 Å². The van der Waals surface area contributed by atoms with Crippen LogP contribution in [0.15, 0.2) is 33.5 Å². The van der Waals surface area contributed by atoms with E-state index in [1.54, 1.807) is 0 Å². The van der Waals surface area contributed by atoms with Gasteiger partial charge in [-0.2, -0.15) is 0 Å². The average Bonchev–Trinajstić information content (AvgIpc) is 2.88. The Bertz CT molecular complexity index is 693. The third kappa shape index (κ3) is 2.33. The first-order valence-electron chi connectivity index (χ1n) is 7.07. The minimum atomic E-state index is -0.0668. The molecule has 1 aromatic heterocycles. The van der Waals surface area contributed by atoms with Crippen LogP contribution in [0.3, 0.4) is 0 Å². The van der Waals surface area contributed by atoms with Gasteiger partial charge in [0.2, 0.25) is 0 Å². The van der Waals surface area contributed by atoms with Gasteiger partial charge < -0.3 is 4.98 Å². The molecular weight excluding hydrogens is 316 g/mol. The van der Waals surface area contributed by atoms with Gasteiger partial charge in [0.1, 0.15) is 10.3 Å². The van der Waals surface area contributed by atoms with E-state index in [1.165, 1.54) is 11.1 Å². The van der Waals surface area contributed by atoms with E-state index in [1.807, 2.05) is 0 Å². The molecule has 3 rings (SSSR count). The van der Waals surface area contributed by atoms with Crippen LogP contribution < -0.4 is 5.56 Å². The van der Waals surface area contributed by atoms with E-state index >= 15 is 0 Å². The number of hydrogen-bond donors (Lipinski definition) is 1. The summed E-state index contributed by atoms with van der Waals surface area (Å²) in [6.07, 6.45) is 3.89. The third-order valence-corrected chi connectivity index (χ3v) is 4.72. The van der Waals surface area contributed by atoms with Crippen molar-refractivity contribution in [2.24, 2.45) is 0 Å². The minimum absolute atomic E-state index is 0.0668. The molecule has 2 aromatic rings. The molecule has 0 fully saturated rings. The molecule has 0 saturated heterocycles. The Balaban J connectivity index is 2.06. The Morgan fingerprint density at radius 1 is 1.40 bits per heavy atom. The van der Waals surface area contributed by atoms with Gasteiger partial charge in [0.05, 0.1) is 5.69 Å². The lowest BCUT2D eigenvalue weighted by atomic mass is 10.0. The molecule has 4 heteroatoms. The van der Waals surface area contributed by atoms with Gasteiger partial charge in [0, 0.05) is 5.92 Å². The van der Waals surface area contributed by atoms with E-state index in [0.717, 1.165) is 37.2 Å². The third-order valence-electron chi connectivity index (χ3n) is 3.90. The fourth-order valence-electron chi connectivity index (χ4n) is 2.93. The number of nitrogens with one attached hydrogen (secondary N) is 1. The molecule has 1 atom stereocenters. The van der Waals surface area contributed by atoms with Crippen LogP contribution >= 0.6 is 15.9 Å². The highest BCUT2D eigenvalue weighted by Crippen LogP contribution is 2.36. The first kappa shape index (κ1) is 13.6. The van der Waals surface area contributed by atoms with E-state index in [-0.39, 0.29) is 11.5 Å². The Morgan fingerprint density at radius 2 is 2.20 bits per heavy atom. The highest BCUT2D eigenvalue weighted by atomic mass is 79.9. The van der Waals surface area contributed by atoms with E-state index in [2.05, 4.69) is 52.1 Å². The molecule has 3 nitrogen and oxygen atoms in total. The van der Waals surface area contributed by atoms with Crippen molar-refractivity contribution in [2.45, 2.75) is 38.5 Å². The van der Waals surface area contributed by atoms with Crippen molar-refractivity contribution in [3.8, 4) is 0 Å². The highest BCUT2D eigenvalue weighted by Gasteiger charge is 2.26. The van der Waals surface area contributed by atoms with Gasteiger partial charge in [-0.15, -0.1) is 0 Å². The number of nitrogens with zero attached hydrogens (tertiary/aromatic N) is 1. The standard InChI is InChI=1S/C16H17BrN2O/c1-2-5-13-14(17)16(20)19-15(18-13)12-9-8-10-6-3-4-7-11(10)12/h3-4,6-7,12H,2,5,8-9H2,1H3,(H,18,19,20). The van der Waals surface area contributed by atoms with E-state index in [9.17, 15) is 4.79 Å². The van der Waals surface area contributed by atoms with Crippen LogP contribution in [0.5, 0.6) is 0 Å². The van der Waals surface area contributed by atoms with E-state index < -0.39 is 0 Å². The maximum Gasteiger partial charge on any atom is 0.265 e. The Hall–Kier alpha value is -1.42. The second-order valence-corrected chi connectivity index (χ2v) is 6.04. The summed E-state index contributed by atoms with van der Waals surface area (Å²) >= 11 is 3.35. The molecule has 0 amide bonds. The molecule has 1 aliphatic rings. The zero-order valence-corrected chi connectivity index (χ0v) is 13.0. The summed E-state index contributed by atoms with van der Waals surface area (Å²) in [5, 5.41) is 0. The quantitative estimate of drug-likeness (QED) is 0.933. The van der Waals surface area contributed by atoms with Gasteiger partial charge in [0.25, 0.3) is 5.56 Å². The number of aryl methyl sites for hydroxylation is 2. The zero-order valence-electron chi connectivity index (χ0n) is 11.4. The number of aromatic amines is 1. The van der Waals surface area contributed by atoms with E-state index in [0.29, 0.717) is 4.47 Å². The van der Waals surface area contributed by atoms with Gasteiger partial charge in [0.15, 0.2) is 0 Å². The first-order valence-corrected chi connectivity index (χ1v) is 7.86. The molecule has 20 heavy (non-hydrogen) atoms. The van der Waals surface area contributed by atoms with Crippen molar-refractivity contribution in [3.63, 3.8) is 0 Å². The molecule has 1 N–H and O–H groups in total. The van der Waals surface area contributed by atoms with Gasteiger partial charge in [-0.1, -0.05) is 37.6 Å². The fraction of sp³-hybridized carbons (Fsp3) is 0.375. The lowest BCUT2D eigenvalue weighted by Crippen LogP contribution is -2.18. The highest BCUT2D eigenvalue weighted by molar-refractivity contribution is 9.10. The largest absolute Gasteiger partial charge is 0.309 e. The number of fused-ring (bicyclic) bond motifs is 1. The molecule has 0 aliphatic heterocycles. The van der Waals surface area contributed by atoms with Crippen LogP contribution in [0.2, 0.25) is 0 Å².